The average molecular weight is 410 g/mol. The molecule has 2 aromatic carbocycles. The van der Waals surface area contributed by atoms with Crippen molar-refractivity contribution in [1.82, 2.24) is 9.55 Å². The summed E-state index contributed by atoms with van der Waals surface area (Å²) in [5, 5.41) is 0.610. The number of aromatic nitrogens is 2. The maximum atomic E-state index is 12.7. The molecule has 0 amide bonds. The zero-order valence-corrected chi connectivity index (χ0v) is 14.1. The first-order chi connectivity index (χ1) is 10.1. The molecule has 0 unspecified atom stereocenters. The molecular formula is C15H11IN2O2S. The molecule has 0 saturated heterocycles. The number of methoxy groups -OCH3 is 1. The predicted molar refractivity (Wildman–Crippen MR) is 94.0 cm³/mol. The summed E-state index contributed by atoms with van der Waals surface area (Å²) in [6.07, 6.45) is 0. The van der Waals surface area contributed by atoms with Crippen LogP contribution in [-0.2, 0) is 0 Å². The highest BCUT2D eigenvalue weighted by Gasteiger charge is 2.08. The number of halogens is 1. The minimum absolute atomic E-state index is 0.138. The third-order valence-corrected chi connectivity index (χ3v) is 4.13. The fraction of sp³-hybridized carbons (Fsp3) is 0.0667. The van der Waals surface area contributed by atoms with Crippen LogP contribution in [0.4, 0.5) is 0 Å². The Morgan fingerprint density at radius 2 is 2.05 bits per heavy atom. The SMILES string of the molecule is COc1cccc(-n2c(=S)[nH]c3ccc(I)cc3c2=O)c1. The average Bonchev–Trinajstić information content (AvgIpc) is 2.48. The summed E-state index contributed by atoms with van der Waals surface area (Å²) < 4.78 is 8.05. The highest BCUT2D eigenvalue weighted by Crippen LogP contribution is 2.17. The van der Waals surface area contributed by atoms with Crippen LogP contribution in [0.15, 0.2) is 47.3 Å². The van der Waals surface area contributed by atoms with Crippen molar-refractivity contribution in [2.24, 2.45) is 0 Å². The van der Waals surface area contributed by atoms with Gasteiger partial charge in [-0.3, -0.25) is 9.36 Å². The van der Waals surface area contributed by atoms with Gasteiger partial charge in [0.05, 0.1) is 23.7 Å². The Bertz CT molecular complexity index is 946. The van der Waals surface area contributed by atoms with Crippen LogP contribution in [0, 0.1) is 8.34 Å². The molecule has 0 spiro atoms. The fourth-order valence-electron chi connectivity index (χ4n) is 2.17. The zero-order chi connectivity index (χ0) is 15.0. The molecule has 1 heterocycles. The van der Waals surface area contributed by atoms with Gasteiger partial charge in [-0.1, -0.05) is 6.07 Å². The summed E-state index contributed by atoms with van der Waals surface area (Å²) >= 11 is 7.51. The molecule has 1 aromatic heterocycles. The first kappa shape index (κ1) is 14.3. The van der Waals surface area contributed by atoms with E-state index in [0.29, 0.717) is 21.6 Å². The van der Waals surface area contributed by atoms with Crippen molar-refractivity contribution in [3.63, 3.8) is 0 Å². The molecule has 6 heteroatoms. The lowest BCUT2D eigenvalue weighted by molar-refractivity contribution is 0.414. The van der Waals surface area contributed by atoms with Crippen LogP contribution in [0.1, 0.15) is 0 Å². The first-order valence-electron chi connectivity index (χ1n) is 6.19. The van der Waals surface area contributed by atoms with Crippen LogP contribution in [0.3, 0.4) is 0 Å². The summed E-state index contributed by atoms with van der Waals surface area (Å²) in [6, 6.07) is 12.9. The van der Waals surface area contributed by atoms with Crippen LogP contribution >= 0.6 is 34.8 Å². The molecule has 21 heavy (non-hydrogen) atoms. The highest BCUT2D eigenvalue weighted by atomic mass is 127. The number of ether oxygens (including phenoxy) is 1. The van der Waals surface area contributed by atoms with Crippen LogP contribution < -0.4 is 10.3 Å². The molecule has 0 saturated carbocycles. The molecule has 1 N–H and O–H groups in total. The Balaban J connectivity index is 2.37. The smallest absolute Gasteiger partial charge is 0.266 e. The number of aromatic amines is 1. The number of rotatable bonds is 2. The number of H-pyrrole nitrogens is 1. The standard InChI is InChI=1S/C15H11IN2O2S/c1-20-11-4-2-3-10(8-11)18-14(19)12-7-9(16)5-6-13(12)17-15(18)21/h2-8H,1H3,(H,17,21). The van der Waals surface area contributed by atoms with Crippen molar-refractivity contribution in [3.05, 3.63) is 61.2 Å². The Hall–Kier alpha value is -1.67. The normalized spacial score (nSPS) is 10.8. The highest BCUT2D eigenvalue weighted by molar-refractivity contribution is 14.1. The molecule has 3 rings (SSSR count). The summed E-state index contributed by atoms with van der Waals surface area (Å²) in [5.41, 5.74) is 1.28. The molecule has 0 bridgehead atoms. The van der Waals surface area contributed by atoms with Crippen molar-refractivity contribution in [1.29, 1.82) is 0 Å². The first-order valence-corrected chi connectivity index (χ1v) is 7.68. The van der Waals surface area contributed by atoms with E-state index in [1.165, 1.54) is 4.57 Å². The molecule has 3 aromatic rings. The largest absolute Gasteiger partial charge is 0.497 e. The second-order valence-corrected chi connectivity index (χ2v) is 6.09. The van der Waals surface area contributed by atoms with Crippen molar-refractivity contribution >= 4 is 45.7 Å². The van der Waals surface area contributed by atoms with Crippen LogP contribution in [-0.4, -0.2) is 16.7 Å². The lowest BCUT2D eigenvalue weighted by Gasteiger charge is -2.09. The van der Waals surface area contributed by atoms with Crippen LogP contribution in [0.25, 0.3) is 16.6 Å². The van der Waals surface area contributed by atoms with E-state index in [1.807, 2.05) is 36.4 Å². The van der Waals surface area contributed by atoms with Crippen LogP contribution in [0.2, 0.25) is 0 Å². The van der Waals surface area contributed by atoms with Gasteiger partial charge in [0, 0.05) is 9.64 Å². The van der Waals surface area contributed by atoms with Gasteiger partial charge in [0.15, 0.2) is 4.77 Å². The lowest BCUT2D eigenvalue weighted by atomic mass is 10.2. The Morgan fingerprint density at radius 3 is 2.81 bits per heavy atom. The van der Waals surface area contributed by atoms with E-state index in [-0.39, 0.29) is 5.56 Å². The molecule has 106 valence electrons. The third kappa shape index (κ3) is 2.60. The van der Waals surface area contributed by atoms with E-state index < -0.39 is 0 Å². The van der Waals surface area contributed by atoms with Gasteiger partial charge >= 0.3 is 0 Å². The molecule has 0 radical (unpaired) electrons. The number of benzene rings is 2. The van der Waals surface area contributed by atoms with E-state index in [1.54, 1.807) is 13.2 Å². The van der Waals surface area contributed by atoms with Gasteiger partial charge in [-0.05, 0) is 65.1 Å². The Kier molecular flexibility index (Phi) is 3.81. The van der Waals surface area contributed by atoms with Crippen LogP contribution in [0.5, 0.6) is 5.75 Å². The summed E-state index contributed by atoms with van der Waals surface area (Å²) in [6.45, 7) is 0. The van der Waals surface area contributed by atoms with Crippen molar-refractivity contribution < 1.29 is 4.74 Å². The molecule has 0 aliphatic carbocycles. The minimum atomic E-state index is -0.138. The predicted octanol–water partition coefficient (Wildman–Crippen LogP) is 3.66. The van der Waals surface area contributed by atoms with Crippen molar-refractivity contribution in [3.8, 4) is 11.4 Å². The minimum Gasteiger partial charge on any atom is -0.497 e. The quantitative estimate of drug-likeness (QED) is 0.518. The van der Waals surface area contributed by atoms with E-state index in [2.05, 4.69) is 27.6 Å². The number of nitrogens with one attached hydrogen (secondary N) is 1. The summed E-state index contributed by atoms with van der Waals surface area (Å²) in [5.74, 6) is 0.677. The van der Waals surface area contributed by atoms with E-state index in [0.717, 1.165) is 9.09 Å². The molecule has 4 nitrogen and oxygen atoms in total. The number of hydrogen-bond donors (Lipinski definition) is 1. The molecule has 0 atom stereocenters. The topological polar surface area (TPSA) is 47.0 Å². The third-order valence-electron chi connectivity index (χ3n) is 3.17. The number of fused-ring (bicyclic) bond motifs is 1. The van der Waals surface area contributed by atoms with Gasteiger partial charge in [0.2, 0.25) is 0 Å². The Morgan fingerprint density at radius 1 is 1.24 bits per heavy atom. The second-order valence-electron chi connectivity index (χ2n) is 4.46. The monoisotopic (exact) mass is 410 g/mol. The van der Waals surface area contributed by atoms with E-state index in [4.69, 9.17) is 17.0 Å². The maximum Gasteiger partial charge on any atom is 0.266 e. The Labute approximate surface area is 139 Å². The number of nitrogens with zero attached hydrogens (tertiary/aromatic N) is 1. The fourth-order valence-corrected chi connectivity index (χ4v) is 2.96. The van der Waals surface area contributed by atoms with Crippen molar-refractivity contribution in [2.75, 3.05) is 7.11 Å². The van der Waals surface area contributed by atoms with Gasteiger partial charge in [-0.15, -0.1) is 0 Å². The van der Waals surface area contributed by atoms with Gasteiger partial charge < -0.3 is 9.72 Å². The summed E-state index contributed by atoms with van der Waals surface area (Å²) in [7, 11) is 1.59. The molecule has 0 aliphatic heterocycles. The summed E-state index contributed by atoms with van der Waals surface area (Å²) in [4.78, 5) is 15.8. The second kappa shape index (κ2) is 5.61. The van der Waals surface area contributed by atoms with Gasteiger partial charge in [0.25, 0.3) is 5.56 Å². The van der Waals surface area contributed by atoms with Crippen molar-refractivity contribution in [2.45, 2.75) is 0 Å². The molecular weight excluding hydrogens is 399 g/mol. The maximum absolute atomic E-state index is 12.7. The van der Waals surface area contributed by atoms with Gasteiger partial charge in [-0.2, -0.15) is 0 Å². The molecule has 0 fully saturated rings. The molecule has 0 aliphatic rings. The van der Waals surface area contributed by atoms with Gasteiger partial charge in [-0.25, -0.2) is 0 Å². The number of hydrogen-bond acceptors (Lipinski definition) is 3. The van der Waals surface area contributed by atoms with E-state index >= 15 is 0 Å². The zero-order valence-electron chi connectivity index (χ0n) is 11.1. The van der Waals surface area contributed by atoms with Gasteiger partial charge in [0.1, 0.15) is 5.75 Å². The van der Waals surface area contributed by atoms with E-state index in [9.17, 15) is 4.79 Å². The lowest BCUT2D eigenvalue weighted by Crippen LogP contribution is -2.20.